The molecule has 0 aliphatic carbocycles. The van der Waals surface area contributed by atoms with Crippen molar-refractivity contribution in [1.29, 1.82) is 0 Å². The quantitative estimate of drug-likeness (QED) is 0.332. The zero-order valence-corrected chi connectivity index (χ0v) is 18.5. The first kappa shape index (κ1) is 21.8. The van der Waals surface area contributed by atoms with Crippen molar-refractivity contribution in [2.75, 3.05) is 21.3 Å². The summed E-state index contributed by atoms with van der Waals surface area (Å²) < 4.78 is 16.0. The zero-order valence-electron chi connectivity index (χ0n) is 18.5. The normalized spacial score (nSPS) is 10.9. The van der Waals surface area contributed by atoms with Crippen LogP contribution in [-0.2, 0) is 0 Å². The minimum Gasteiger partial charge on any atom is -0.496 e. The van der Waals surface area contributed by atoms with Gasteiger partial charge in [0.2, 0.25) is 0 Å². The maximum absolute atomic E-state index is 13.1. The topological polar surface area (TPSA) is 82.0 Å². The predicted molar refractivity (Wildman–Crippen MR) is 128 cm³/mol. The molecule has 3 aromatic carbocycles. The van der Waals surface area contributed by atoms with Crippen molar-refractivity contribution in [1.82, 2.24) is 10.4 Å². The second kappa shape index (κ2) is 9.82. The Morgan fingerprint density at radius 3 is 2.24 bits per heavy atom. The van der Waals surface area contributed by atoms with Crippen LogP contribution in [0.25, 0.3) is 22.2 Å². The monoisotopic (exact) mass is 441 g/mol. The highest BCUT2D eigenvalue weighted by Crippen LogP contribution is 2.33. The fraction of sp³-hybridized carbons (Fsp3) is 0.115. The average molecular weight is 441 g/mol. The molecule has 0 radical (unpaired) electrons. The summed E-state index contributed by atoms with van der Waals surface area (Å²) in [5.74, 6) is 1.25. The molecule has 0 aliphatic heterocycles. The minimum atomic E-state index is -0.346. The molecule has 4 aromatic rings. The van der Waals surface area contributed by atoms with Crippen LogP contribution in [0.1, 0.15) is 15.9 Å². The van der Waals surface area contributed by atoms with E-state index >= 15 is 0 Å². The molecule has 1 heterocycles. The third-order valence-corrected chi connectivity index (χ3v) is 5.14. The van der Waals surface area contributed by atoms with Crippen LogP contribution in [0.15, 0.2) is 77.9 Å². The van der Waals surface area contributed by atoms with Gasteiger partial charge in [-0.05, 0) is 18.2 Å². The number of hydrogen-bond donors (Lipinski definition) is 1. The summed E-state index contributed by atoms with van der Waals surface area (Å²) in [4.78, 5) is 17.8. The molecule has 0 saturated heterocycles. The lowest BCUT2D eigenvalue weighted by molar-refractivity contribution is 0.0956. The van der Waals surface area contributed by atoms with E-state index in [1.54, 1.807) is 39.5 Å². The van der Waals surface area contributed by atoms with E-state index in [1.807, 2.05) is 54.6 Å². The number of nitrogens with zero attached hydrogens (tertiary/aromatic N) is 2. The predicted octanol–water partition coefficient (Wildman–Crippen LogP) is 4.69. The number of aromatic nitrogens is 1. The lowest BCUT2D eigenvalue weighted by atomic mass is 10.0. The van der Waals surface area contributed by atoms with Crippen LogP contribution >= 0.6 is 0 Å². The van der Waals surface area contributed by atoms with Crippen LogP contribution < -0.4 is 19.6 Å². The van der Waals surface area contributed by atoms with E-state index in [9.17, 15) is 4.79 Å². The summed E-state index contributed by atoms with van der Waals surface area (Å²) in [6, 6.07) is 22.5. The molecule has 1 aromatic heterocycles. The second-order valence-electron chi connectivity index (χ2n) is 7.09. The van der Waals surface area contributed by atoms with E-state index < -0.39 is 0 Å². The van der Waals surface area contributed by atoms with Crippen molar-refractivity contribution < 1.29 is 19.0 Å². The highest BCUT2D eigenvalue weighted by molar-refractivity contribution is 6.07. The van der Waals surface area contributed by atoms with Gasteiger partial charge in [-0.15, -0.1) is 0 Å². The van der Waals surface area contributed by atoms with Gasteiger partial charge in [-0.25, -0.2) is 10.4 Å². The van der Waals surface area contributed by atoms with E-state index in [-0.39, 0.29) is 5.91 Å². The Labute approximate surface area is 191 Å². The Morgan fingerprint density at radius 1 is 0.848 bits per heavy atom. The number of methoxy groups -OCH3 is 3. The first-order valence-electron chi connectivity index (χ1n) is 10.2. The van der Waals surface area contributed by atoms with E-state index in [4.69, 9.17) is 19.2 Å². The smallest absolute Gasteiger partial charge is 0.272 e. The number of hydrogen-bond acceptors (Lipinski definition) is 6. The van der Waals surface area contributed by atoms with Crippen molar-refractivity contribution in [3.8, 4) is 28.5 Å². The van der Waals surface area contributed by atoms with Crippen LogP contribution in [-0.4, -0.2) is 38.4 Å². The van der Waals surface area contributed by atoms with Crippen LogP contribution in [0.3, 0.4) is 0 Å². The molecule has 0 spiro atoms. The van der Waals surface area contributed by atoms with Gasteiger partial charge in [-0.1, -0.05) is 48.5 Å². The Balaban J connectivity index is 1.66. The number of ether oxygens (including phenoxy) is 3. The van der Waals surface area contributed by atoms with Crippen LogP contribution in [0.2, 0.25) is 0 Å². The highest BCUT2D eigenvalue weighted by atomic mass is 16.5. The maximum atomic E-state index is 13.1. The molecule has 33 heavy (non-hydrogen) atoms. The zero-order chi connectivity index (χ0) is 23.2. The number of pyridine rings is 1. The molecule has 1 amide bonds. The first-order chi connectivity index (χ1) is 16.1. The van der Waals surface area contributed by atoms with E-state index in [0.29, 0.717) is 34.1 Å². The number of fused-ring (bicyclic) bond motifs is 1. The van der Waals surface area contributed by atoms with Crippen molar-refractivity contribution in [3.63, 3.8) is 0 Å². The lowest BCUT2D eigenvalue weighted by Crippen LogP contribution is -2.18. The molecular formula is C26H23N3O4. The summed E-state index contributed by atoms with van der Waals surface area (Å²) in [6.07, 6.45) is 1.50. The molecule has 0 bridgehead atoms. The molecule has 0 aliphatic rings. The standard InChI is InChI=1S/C26H23N3O4/c1-31-23-15-25(33-3)24(32-2)13-18(23)16-27-29-26(30)20-14-22(17-9-5-4-6-10-17)28-21-12-8-7-11-19(20)21/h4-16H,1-3H3,(H,29,30)/b27-16+. The molecule has 1 N–H and O–H groups in total. The number of hydrazone groups is 1. The van der Waals surface area contributed by atoms with Gasteiger partial charge >= 0.3 is 0 Å². The summed E-state index contributed by atoms with van der Waals surface area (Å²) in [7, 11) is 4.64. The van der Waals surface area contributed by atoms with Gasteiger partial charge < -0.3 is 14.2 Å². The van der Waals surface area contributed by atoms with E-state index in [2.05, 4.69) is 10.5 Å². The maximum Gasteiger partial charge on any atom is 0.272 e. The number of amides is 1. The third kappa shape index (κ3) is 4.62. The summed E-state index contributed by atoms with van der Waals surface area (Å²) in [6.45, 7) is 0. The Kier molecular flexibility index (Phi) is 6.50. The van der Waals surface area contributed by atoms with Crippen molar-refractivity contribution in [2.45, 2.75) is 0 Å². The fourth-order valence-corrected chi connectivity index (χ4v) is 3.49. The number of para-hydroxylation sites is 1. The Bertz CT molecular complexity index is 1320. The number of carbonyl (C=O) groups excluding carboxylic acids is 1. The molecule has 0 atom stereocenters. The number of rotatable bonds is 7. The lowest BCUT2D eigenvalue weighted by Gasteiger charge is -2.12. The summed E-state index contributed by atoms with van der Waals surface area (Å²) in [5.41, 5.74) is 6.09. The molecule has 166 valence electrons. The second-order valence-corrected chi connectivity index (χ2v) is 7.09. The number of benzene rings is 3. The molecular weight excluding hydrogens is 418 g/mol. The molecule has 4 rings (SSSR count). The van der Waals surface area contributed by atoms with Crippen LogP contribution in [0, 0.1) is 0 Å². The molecule has 0 unspecified atom stereocenters. The van der Waals surface area contributed by atoms with Gasteiger partial charge in [0, 0.05) is 22.6 Å². The van der Waals surface area contributed by atoms with Gasteiger partial charge in [-0.2, -0.15) is 5.10 Å². The van der Waals surface area contributed by atoms with Crippen LogP contribution in [0.4, 0.5) is 0 Å². The SMILES string of the molecule is COc1cc(OC)c(OC)cc1/C=N/NC(=O)c1cc(-c2ccccc2)nc2ccccc12. The van der Waals surface area contributed by atoms with Crippen molar-refractivity contribution in [2.24, 2.45) is 5.10 Å². The number of nitrogens with one attached hydrogen (secondary N) is 1. The minimum absolute atomic E-state index is 0.346. The van der Waals surface area contributed by atoms with Gasteiger partial charge in [0.1, 0.15) is 5.75 Å². The molecule has 0 saturated carbocycles. The van der Waals surface area contributed by atoms with Crippen molar-refractivity contribution in [3.05, 3.63) is 83.9 Å². The van der Waals surface area contributed by atoms with Crippen LogP contribution in [0.5, 0.6) is 17.2 Å². The van der Waals surface area contributed by atoms with Gasteiger partial charge in [0.15, 0.2) is 11.5 Å². The first-order valence-corrected chi connectivity index (χ1v) is 10.2. The van der Waals surface area contributed by atoms with Crippen molar-refractivity contribution >= 4 is 23.0 Å². The average Bonchev–Trinajstić information content (AvgIpc) is 2.88. The Morgan fingerprint density at radius 2 is 1.52 bits per heavy atom. The van der Waals surface area contributed by atoms with Gasteiger partial charge in [0.05, 0.1) is 44.3 Å². The fourth-order valence-electron chi connectivity index (χ4n) is 3.49. The van der Waals surface area contributed by atoms with Gasteiger partial charge in [-0.3, -0.25) is 4.79 Å². The Hall–Kier alpha value is -4.39. The third-order valence-electron chi connectivity index (χ3n) is 5.14. The molecule has 7 nitrogen and oxygen atoms in total. The number of carbonyl (C=O) groups is 1. The summed E-state index contributed by atoms with van der Waals surface area (Å²) in [5, 5.41) is 4.89. The highest BCUT2D eigenvalue weighted by Gasteiger charge is 2.14. The van der Waals surface area contributed by atoms with E-state index in [1.165, 1.54) is 6.21 Å². The van der Waals surface area contributed by atoms with E-state index in [0.717, 1.165) is 16.5 Å². The molecule has 7 heteroatoms. The van der Waals surface area contributed by atoms with Gasteiger partial charge in [0.25, 0.3) is 5.91 Å². The summed E-state index contributed by atoms with van der Waals surface area (Å²) >= 11 is 0. The largest absolute Gasteiger partial charge is 0.496 e. The molecule has 0 fully saturated rings.